The minimum absolute atomic E-state index is 0. The summed E-state index contributed by atoms with van der Waals surface area (Å²) in [6.07, 6.45) is 1.10. The fourth-order valence-corrected chi connectivity index (χ4v) is 3.60. The van der Waals surface area contributed by atoms with Gasteiger partial charge in [0.1, 0.15) is 0 Å². The molecule has 1 atom stereocenters. The van der Waals surface area contributed by atoms with Crippen LogP contribution in [0, 0.1) is 5.92 Å². The monoisotopic (exact) mass is 539 g/mol. The Labute approximate surface area is 202 Å². The highest BCUT2D eigenvalue weighted by molar-refractivity contribution is 14.0. The molecule has 0 bridgehead atoms. The van der Waals surface area contributed by atoms with Crippen LogP contribution in [0.15, 0.2) is 53.5 Å². The van der Waals surface area contributed by atoms with Gasteiger partial charge in [-0.1, -0.05) is 36.4 Å². The first kappa shape index (κ1) is 25.3. The molecule has 2 aromatic rings. The van der Waals surface area contributed by atoms with Gasteiger partial charge in [-0.15, -0.1) is 24.0 Å². The number of halogens is 1. The number of likely N-dealkylation sites (tertiary alicyclic amines) is 1. The predicted molar refractivity (Wildman–Crippen MR) is 135 cm³/mol. The van der Waals surface area contributed by atoms with Crippen LogP contribution in [-0.2, 0) is 17.9 Å². The predicted octanol–water partition coefficient (Wildman–Crippen LogP) is 4.41. The van der Waals surface area contributed by atoms with Crippen LogP contribution in [0.25, 0.3) is 0 Å². The van der Waals surface area contributed by atoms with Crippen LogP contribution in [0.1, 0.15) is 31.4 Å². The molecular weight excluding hydrogens is 505 g/mol. The zero-order valence-corrected chi connectivity index (χ0v) is 20.7. The average molecular weight is 539 g/mol. The van der Waals surface area contributed by atoms with Crippen molar-refractivity contribution >= 4 is 29.9 Å². The van der Waals surface area contributed by atoms with E-state index in [2.05, 4.69) is 29.3 Å². The van der Waals surface area contributed by atoms with Crippen molar-refractivity contribution in [1.82, 2.24) is 10.2 Å². The van der Waals surface area contributed by atoms with E-state index in [4.69, 9.17) is 14.5 Å². The standard InChI is InChI=1S/C24H33N3O3.HI/c1-3-25-24(26-15-20-10-11-22(28)23(14-20)30-4-2)27-13-12-21(16-27)18-29-17-19-8-6-5-7-9-19;/h5-11,14,21,28H,3-4,12-13,15-18H2,1-2H3,(H,25,26);1H. The first-order chi connectivity index (χ1) is 14.7. The van der Waals surface area contributed by atoms with Gasteiger partial charge < -0.3 is 24.8 Å². The first-order valence-corrected chi connectivity index (χ1v) is 10.8. The van der Waals surface area contributed by atoms with Gasteiger partial charge in [-0.05, 0) is 43.5 Å². The molecule has 0 aromatic heterocycles. The highest BCUT2D eigenvalue weighted by Gasteiger charge is 2.25. The molecule has 0 saturated carbocycles. The van der Waals surface area contributed by atoms with Crippen molar-refractivity contribution < 1.29 is 14.6 Å². The lowest BCUT2D eigenvalue weighted by molar-refractivity contribution is 0.0906. The number of aliphatic imine (C=N–C) groups is 1. The fourth-order valence-electron chi connectivity index (χ4n) is 3.60. The van der Waals surface area contributed by atoms with E-state index >= 15 is 0 Å². The van der Waals surface area contributed by atoms with Gasteiger partial charge in [-0.25, -0.2) is 4.99 Å². The second-order valence-electron chi connectivity index (χ2n) is 7.51. The summed E-state index contributed by atoms with van der Waals surface area (Å²) in [7, 11) is 0. The lowest BCUT2D eigenvalue weighted by Crippen LogP contribution is -2.40. The summed E-state index contributed by atoms with van der Waals surface area (Å²) in [5.41, 5.74) is 2.22. The van der Waals surface area contributed by atoms with Crippen LogP contribution < -0.4 is 10.1 Å². The third-order valence-electron chi connectivity index (χ3n) is 5.12. The summed E-state index contributed by atoms with van der Waals surface area (Å²) in [4.78, 5) is 7.12. The highest BCUT2D eigenvalue weighted by atomic mass is 127. The molecule has 1 heterocycles. The Balaban J connectivity index is 0.00000341. The molecule has 0 aliphatic carbocycles. The Morgan fingerprint density at radius 3 is 2.71 bits per heavy atom. The summed E-state index contributed by atoms with van der Waals surface area (Å²) in [6, 6.07) is 15.7. The smallest absolute Gasteiger partial charge is 0.194 e. The summed E-state index contributed by atoms with van der Waals surface area (Å²) < 4.78 is 11.4. The fraction of sp³-hybridized carbons (Fsp3) is 0.458. The molecule has 0 amide bonds. The Hall–Kier alpha value is -2.00. The summed E-state index contributed by atoms with van der Waals surface area (Å²) in [6.45, 7) is 9.21. The van der Waals surface area contributed by atoms with Crippen LogP contribution in [0.2, 0.25) is 0 Å². The molecule has 2 aromatic carbocycles. The van der Waals surface area contributed by atoms with E-state index in [-0.39, 0.29) is 29.7 Å². The van der Waals surface area contributed by atoms with Crippen LogP contribution >= 0.6 is 24.0 Å². The van der Waals surface area contributed by atoms with E-state index in [0.29, 0.717) is 31.4 Å². The zero-order chi connectivity index (χ0) is 21.2. The molecule has 6 nitrogen and oxygen atoms in total. The number of hydrogen-bond donors (Lipinski definition) is 2. The van der Waals surface area contributed by atoms with E-state index in [9.17, 15) is 5.11 Å². The number of phenols is 1. The van der Waals surface area contributed by atoms with Crippen LogP contribution in [0.4, 0.5) is 0 Å². The summed E-state index contributed by atoms with van der Waals surface area (Å²) in [5.74, 6) is 2.10. The van der Waals surface area contributed by atoms with E-state index in [1.807, 2.05) is 37.3 Å². The number of aromatic hydroxyl groups is 1. The second-order valence-corrected chi connectivity index (χ2v) is 7.51. The number of nitrogens with zero attached hydrogens (tertiary/aromatic N) is 2. The van der Waals surface area contributed by atoms with Crippen LogP contribution in [-0.4, -0.2) is 48.8 Å². The lowest BCUT2D eigenvalue weighted by Gasteiger charge is -2.22. The quantitative estimate of drug-likeness (QED) is 0.281. The van der Waals surface area contributed by atoms with E-state index < -0.39 is 0 Å². The molecule has 1 fully saturated rings. The maximum atomic E-state index is 9.88. The molecule has 31 heavy (non-hydrogen) atoms. The average Bonchev–Trinajstić information content (AvgIpc) is 3.23. The number of ether oxygens (including phenoxy) is 2. The lowest BCUT2D eigenvalue weighted by atomic mass is 10.1. The molecule has 170 valence electrons. The molecule has 2 N–H and O–H groups in total. The van der Waals surface area contributed by atoms with Gasteiger partial charge in [0.05, 0.1) is 26.4 Å². The number of rotatable bonds is 9. The molecule has 1 saturated heterocycles. The summed E-state index contributed by atoms with van der Waals surface area (Å²) >= 11 is 0. The minimum Gasteiger partial charge on any atom is -0.504 e. The zero-order valence-electron chi connectivity index (χ0n) is 18.4. The van der Waals surface area contributed by atoms with Gasteiger partial charge in [0.25, 0.3) is 0 Å². The van der Waals surface area contributed by atoms with Gasteiger partial charge in [0, 0.05) is 25.6 Å². The number of nitrogens with one attached hydrogen (secondary N) is 1. The molecule has 0 spiro atoms. The maximum absolute atomic E-state index is 9.88. The van der Waals surface area contributed by atoms with Crippen molar-refractivity contribution in [2.75, 3.05) is 32.8 Å². The van der Waals surface area contributed by atoms with Crippen molar-refractivity contribution in [3.05, 3.63) is 59.7 Å². The molecular formula is C24H34IN3O3. The van der Waals surface area contributed by atoms with Crippen molar-refractivity contribution in [1.29, 1.82) is 0 Å². The van der Waals surface area contributed by atoms with Gasteiger partial charge in [-0.2, -0.15) is 0 Å². The van der Waals surface area contributed by atoms with Crippen molar-refractivity contribution in [2.24, 2.45) is 10.9 Å². The molecule has 7 heteroatoms. The topological polar surface area (TPSA) is 66.3 Å². The molecule has 0 radical (unpaired) electrons. The van der Waals surface area contributed by atoms with Gasteiger partial charge in [-0.3, -0.25) is 0 Å². The number of benzene rings is 2. The Kier molecular flexibility index (Phi) is 10.9. The van der Waals surface area contributed by atoms with Crippen molar-refractivity contribution in [3.63, 3.8) is 0 Å². The number of hydrogen-bond acceptors (Lipinski definition) is 4. The van der Waals surface area contributed by atoms with E-state index in [1.165, 1.54) is 5.56 Å². The molecule has 3 rings (SSSR count). The second kappa shape index (κ2) is 13.4. The molecule has 1 aliphatic rings. The van der Waals surface area contributed by atoms with E-state index in [1.54, 1.807) is 6.07 Å². The van der Waals surface area contributed by atoms with Crippen LogP contribution in [0.5, 0.6) is 11.5 Å². The first-order valence-electron chi connectivity index (χ1n) is 10.8. The number of guanidine groups is 1. The normalized spacial score (nSPS) is 16.1. The van der Waals surface area contributed by atoms with Gasteiger partial charge in [0.2, 0.25) is 0 Å². The number of phenolic OH excluding ortho intramolecular Hbond substituents is 1. The van der Waals surface area contributed by atoms with Crippen molar-refractivity contribution in [2.45, 2.75) is 33.4 Å². The highest BCUT2D eigenvalue weighted by Crippen LogP contribution is 2.27. The third kappa shape index (κ3) is 7.88. The maximum Gasteiger partial charge on any atom is 0.194 e. The van der Waals surface area contributed by atoms with Gasteiger partial charge >= 0.3 is 0 Å². The Morgan fingerprint density at radius 1 is 1.16 bits per heavy atom. The molecule has 1 aliphatic heterocycles. The SMILES string of the molecule is CCNC(=NCc1ccc(O)c(OCC)c1)N1CCC(COCc2ccccc2)C1.I. The van der Waals surface area contributed by atoms with Gasteiger partial charge in [0.15, 0.2) is 17.5 Å². The van der Waals surface area contributed by atoms with Crippen LogP contribution in [0.3, 0.4) is 0 Å². The Bertz CT molecular complexity index is 817. The largest absolute Gasteiger partial charge is 0.504 e. The third-order valence-corrected chi connectivity index (χ3v) is 5.12. The minimum atomic E-state index is 0. The van der Waals surface area contributed by atoms with Crippen molar-refractivity contribution in [3.8, 4) is 11.5 Å². The summed E-state index contributed by atoms with van der Waals surface area (Å²) in [5, 5.41) is 13.3. The van der Waals surface area contributed by atoms with E-state index in [0.717, 1.165) is 44.2 Å². The molecule has 1 unspecified atom stereocenters. The Morgan fingerprint density at radius 2 is 1.97 bits per heavy atom.